The molecule has 0 saturated heterocycles. The van der Waals surface area contributed by atoms with Crippen molar-refractivity contribution in [2.24, 2.45) is 0 Å². The second kappa shape index (κ2) is 8.64. The number of nitrogens with one attached hydrogen (secondary N) is 2. The van der Waals surface area contributed by atoms with Gasteiger partial charge in [0.25, 0.3) is 0 Å². The molecule has 0 atom stereocenters. The predicted molar refractivity (Wildman–Crippen MR) is 111 cm³/mol. The Morgan fingerprint density at radius 2 is 1.68 bits per heavy atom. The number of alkyl halides is 3. The van der Waals surface area contributed by atoms with Crippen LogP contribution in [0, 0.1) is 13.8 Å². The Bertz CT molecular complexity index is 1220. The van der Waals surface area contributed by atoms with Crippen LogP contribution in [0.1, 0.15) is 16.8 Å². The molecule has 3 rings (SSSR count). The zero-order valence-corrected chi connectivity index (χ0v) is 17.6. The first-order valence-electron chi connectivity index (χ1n) is 9.27. The largest absolute Gasteiger partial charge is 0.402 e. The van der Waals surface area contributed by atoms with Gasteiger partial charge in [-0.2, -0.15) is 13.2 Å². The van der Waals surface area contributed by atoms with E-state index in [2.05, 4.69) is 10.3 Å². The summed E-state index contributed by atoms with van der Waals surface area (Å²) in [6.45, 7) is 2.09. The first kappa shape index (κ1) is 22.7. The van der Waals surface area contributed by atoms with E-state index >= 15 is 0 Å². The summed E-state index contributed by atoms with van der Waals surface area (Å²) in [5, 5.41) is 3.62. The molecule has 2 aromatic carbocycles. The van der Waals surface area contributed by atoms with E-state index in [9.17, 15) is 26.4 Å². The van der Waals surface area contributed by atoms with Crippen molar-refractivity contribution >= 4 is 32.5 Å². The molecule has 0 unspecified atom stereocenters. The van der Waals surface area contributed by atoms with Crippen molar-refractivity contribution in [3.63, 3.8) is 0 Å². The van der Waals surface area contributed by atoms with E-state index in [1.807, 2.05) is 38.1 Å². The number of carbonyl (C=O) groups is 1. The van der Waals surface area contributed by atoms with E-state index in [1.165, 1.54) is 16.9 Å². The van der Waals surface area contributed by atoms with Crippen molar-refractivity contribution in [2.45, 2.75) is 31.3 Å². The highest BCUT2D eigenvalue weighted by Gasteiger charge is 2.30. The molecular weight excluding hydrogens is 431 g/mol. The molecule has 6 nitrogen and oxygen atoms in total. The Labute approximate surface area is 177 Å². The summed E-state index contributed by atoms with van der Waals surface area (Å²) in [4.78, 5) is 16.7. The van der Waals surface area contributed by atoms with E-state index in [0.29, 0.717) is 5.69 Å². The van der Waals surface area contributed by atoms with Gasteiger partial charge >= 0.3 is 6.18 Å². The van der Waals surface area contributed by atoms with Crippen LogP contribution < -0.4 is 10.0 Å². The van der Waals surface area contributed by atoms with Crippen LogP contribution in [-0.4, -0.2) is 32.0 Å². The zero-order valence-electron chi connectivity index (χ0n) is 16.7. The molecule has 0 saturated carbocycles. The van der Waals surface area contributed by atoms with E-state index in [1.54, 1.807) is 0 Å². The number of amides is 1. The van der Waals surface area contributed by atoms with Crippen LogP contribution in [0.3, 0.4) is 0 Å². The number of fused-ring (bicyclic) bond motifs is 1. The molecule has 3 aromatic rings. The van der Waals surface area contributed by atoms with Crippen molar-refractivity contribution in [1.82, 2.24) is 9.71 Å². The molecule has 0 aliphatic carbocycles. The molecule has 31 heavy (non-hydrogen) atoms. The number of nitrogens with zero attached hydrogens (tertiary/aromatic N) is 1. The number of benzene rings is 2. The first-order chi connectivity index (χ1) is 14.5. The predicted octanol–water partition coefficient (Wildman–Crippen LogP) is 3.87. The summed E-state index contributed by atoms with van der Waals surface area (Å²) >= 11 is 0. The van der Waals surface area contributed by atoms with Gasteiger partial charge in [0.15, 0.2) is 0 Å². The number of anilines is 1. The Hall–Kier alpha value is -2.98. The lowest BCUT2D eigenvalue weighted by atomic mass is 9.99. The van der Waals surface area contributed by atoms with Gasteiger partial charge in [-0.3, -0.25) is 9.78 Å². The fourth-order valence-electron chi connectivity index (χ4n) is 3.17. The average Bonchev–Trinajstić information content (AvgIpc) is 2.70. The van der Waals surface area contributed by atoms with Crippen LogP contribution in [0.15, 0.2) is 53.4 Å². The molecule has 0 bridgehead atoms. The van der Waals surface area contributed by atoms with Crippen LogP contribution in [0.5, 0.6) is 0 Å². The quantitative estimate of drug-likeness (QED) is 0.596. The minimum atomic E-state index is -4.66. The lowest BCUT2D eigenvalue weighted by Crippen LogP contribution is -2.33. The normalized spacial score (nSPS) is 12.2. The molecule has 0 aliphatic heterocycles. The molecular formula is C21H20F3N3O3S. The van der Waals surface area contributed by atoms with Gasteiger partial charge in [0.05, 0.1) is 16.8 Å². The van der Waals surface area contributed by atoms with Gasteiger partial charge in [-0.15, -0.1) is 0 Å². The fourth-order valence-corrected chi connectivity index (χ4v) is 4.19. The maximum atomic E-state index is 12.5. The molecule has 1 aromatic heterocycles. The number of pyridine rings is 1. The number of para-hydroxylation sites is 1. The van der Waals surface area contributed by atoms with Crippen molar-refractivity contribution in [1.29, 1.82) is 0 Å². The number of aryl methyl sites for hydroxylation is 2. The molecule has 0 radical (unpaired) electrons. The minimum absolute atomic E-state index is 0.0721. The summed E-state index contributed by atoms with van der Waals surface area (Å²) < 4.78 is 62.1. The lowest BCUT2D eigenvalue weighted by Gasteiger charge is -2.13. The van der Waals surface area contributed by atoms with Crippen LogP contribution in [0.2, 0.25) is 0 Å². The maximum Gasteiger partial charge on any atom is 0.402 e. The molecule has 1 amide bonds. The Kier molecular flexibility index (Phi) is 6.33. The highest BCUT2D eigenvalue weighted by molar-refractivity contribution is 7.89. The summed E-state index contributed by atoms with van der Waals surface area (Å²) in [7, 11) is -4.31. The first-order valence-corrected chi connectivity index (χ1v) is 10.8. The SMILES string of the molecule is Cc1nc2ccccc2c(C)c1CC(=O)Nc1ccc(S(=O)(=O)NCC(F)(F)F)cc1. The third-order valence-corrected chi connectivity index (χ3v) is 6.15. The zero-order chi connectivity index (χ0) is 22.8. The monoisotopic (exact) mass is 451 g/mol. The highest BCUT2D eigenvalue weighted by atomic mass is 32.2. The van der Waals surface area contributed by atoms with Crippen LogP contribution in [0.4, 0.5) is 18.9 Å². The van der Waals surface area contributed by atoms with Crippen LogP contribution >= 0.6 is 0 Å². The van der Waals surface area contributed by atoms with Gasteiger partial charge in [0.1, 0.15) is 6.54 Å². The highest BCUT2D eigenvalue weighted by Crippen LogP contribution is 2.23. The lowest BCUT2D eigenvalue weighted by molar-refractivity contribution is -0.121. The molecule has 2 N–H and O–H groups in total. The maximum absolute atomic E-state index is 12.5. The van der Waals surface area contributed by atoms with Gasteiger partial charge in [-0.25, -0.2) is 13.1 Å². The molecule has 0 spiro atoms. The van der Waals surface area contributed by atoms with E-state index < -0.39 is 22.7 Å². The number of rotatable bonds is 6. The molecule has 1 heterocycles. The minimum Gasteiger partial charge on any atom is -0.326 e. The van der Waals surface area contributed by atoms with Crippen LogP contribution in [0.25, 0.3) is 10.9 Å². The number of hydrogen-bond donors (Lipinski definition) is 2. The summed E-state index contributed by atoms with van der Waals surface area (Å²) in [6, 6.07) is 12.5. The third-order valence-electron chi connectivity index (χ3n) is 4.73. The Morgan fingerprint density at radius 3 is 2.32 bits per heavy atom. The van der Waals surface area contributed by atoms with Gasteiger partial charge in [0, 0.05) is 16.8 Å². The van der Waals surface area contributed by atoms with Crippen molar-refractivity contribution in [3.8, 4) is 0 Å². The standard InChI is InChI=1S/C21H20F3N3O3S/c1-13-17-5-3-4-6-19(17)26-14(2)18(13)11-20(28)27-15-7-9-16(10-8-15)31(29,30)25-12-21(22,23)24/h3-10,25H,11-12H2,1-2H3,(H,27,28). The summed E-state index contributed by atoms with van der Waals surface area (Å²) in [5.41, 5.74) is 3.66. The second-order valence-electron chi connectivity index (χ2n) is 7.01. The van der Waals surface area contributed by atoms with Crippen molar-refractivity contribution in [2.75, 3.05) is 11.9 Å². The van der Waals surface area contributed by atoms with E-state index in [4.69, 9.17) is 0 Å². The van der Waals surface area contributed by atoms with Crippen molar-refractivity contribution in [3.05, 3.63) is 65.4 Å². The molecule has 0 fully saturated rings. The number of sulfonamides is 1. The van der Waals surface area contributed by atoms with E-state index in [-0.39, 0.29) is 17.2 Å². The smallest absolute Gasteiger partial charge is 0.326 e. The van der Waals surface area contributed by atoms with Crippen molar-refractivity contribution < 1.29 is 26.4 Å². The number of aromatic nitrogens is 1. The number of hydrogen-bond acceptors (Lipinski definition) is 4. The second-order valence-corrected chi connectivity index (χ2v) is 8.77. The van der Waals surface area contributed by atoms with E-state index in [0.717, 1.165) is 39.9 Å². The Morgan fingerprint density at radius 1 is 1.03 bits per heavy atom. The fraction of sp³-hybridized carbons (Fsp3) is 0.238. The third kappa shape index (κ3) is 5.59. The topological polar surface area (TPSA) is 88.2 Å². The van der Waals surface area contributed by atoms with Gasteiger partial charge in [0.2, 0.25) is 15.9 Å². The van der Waals surface area contributed by atoms with Gasteiger partial charge < -0.3 is 5.32 Å². The van der Waals surface area contributed by atoms with Gasteiger partial charge in [-0.1, -0.05) is 18.2 Å². The summed E-state index contributed by atoms with van der Waals surface area (Å²) in [5.74, 6) is -0.325. The van der Waals surface area contributed by atoms with Gasteiger partial charge in [-0.05, 0) is 55.3 Å². The molecule has 10 heteroatoms. The van der Waals surface area contributed by atoms with Crippen LogP contribution in [-0.2, 0) is 21.2 Å². The number of halogens is 3. The Balaban J connectivity index is 1.71. The number of carbonyl (C=O) groups excluding carboxylic acids is 1. The average molecular weight is 451 g/mol. The molecule has 0 aliphatic rings. The molecule has 164 valence electrons. The summed E-state index contributed by atoms with van der Waals surface area (Å²) in [6.07, 6.45) is -4.59.